The monoisotopic (exact) mass is 144 g/mol. The predicted molar refractivity (Wildman–Crippen MR) is 48.2 cm³/mol. The maximum atomic E-state index is 3.79. The van der Waals surface area contributed by atoms with Crippen LogP contribution in [0.4, 0.5) is 0 Å². The molecule has 0 unspecified atom stereocenters. The molecule has 0 amide bonds. The van der Waals surface area contributed by atoms with Crippen LogP contribution in [0.1, 0.15) is 6.42 Å². The Kier molecular flexibility index (Phi) is 1.35. The van der Waals surface area contributed by atoms with E-state index in [0.29, 0.717) is 11.8 Å². The zero-order chi connectivity index (χ0) is 7.84. The van der Waals surface area contributed by atoms with Crippen molar-refractivity contribution in [2.24, 2.45) is 11.8 Å². The fourth-order valence-electron chi connectivity index (χ4n) is 2.02. The zero-order valence-electron chi connectivity index (χ0n) is 6.59. The molecule has 0 saturated heterocycles. The molecule has 0 N–H and O–H groups in total. The molecule has 0 radical (unpaired) electrons. The standard InChI is InChI=1S/C11H12/c1-3-8-5-11-7-10(8)6-9(11)4-2/h3-6,10-11H,1-2,7H2/t10-,11-/m1/s1. The summed E-state index contributed by atoms with van der Waals surface area (Å²) in [6.45, 7) is 7.58. The van der Waals surface area contributed by atoms with Gasteiger partial charge in [0.25, 0.3) is 0 Å². The lowest BCUT2D eigenvalue weighted by Crippen LogP contribution is -1.91. The van der Waals surface area contributed by atoms with Crippen molar-refractivity contribution >= 4 is 0 Å². The largest absolute Gasteiger partial charge is 0.0988 e. The van der Waals surface area contributed by atoms with E-state index in [4.69, 9.17) is 0 Å². The molecule has 0 fully saturated rings. The lowest BCUT2D eigenvalue weighted by atomic mass is 10.00. The molecule has 0 aliphatic heterocycles. The van der Waals surface area contributed by atoms with Gasteiger partial charge in [-0.3, -0.25) is 0 Å². The summed E-state index contributed by atoms with van der Waals surface area (Å²) in [5.74, 6) is 1.29. The second-order valence-electron chi connectivity index (χ2n) is 3.19. The van der Waals surface area contributed by atoms with Crippen molar-refractivity contribution in [3.05, 3.63) is 48.6 Å². The number of hydrogen-bond donors (Lipinski definition) is 0. The second kappa shape index (κ2) is 2.23. The van der Waals surface area contributed by atoms with Crippen molar-refractivity contribution in [3.8, 4) is 0 Å². The lowest BCUT2D eigenvalue weighted by Gasteiger charge is -2.06. The van der Waals surface area contributed by atoms with Gasteiger partial charge in [0.2, 0.25) is 0 Å². The van der Waals surface area contributed by atoms with Crippen LogP contribution in [-0.4, -0.2) is 0 Å². The van der Waals surface area contributed by atoms with Gasteiger partial charge in [0.15, 0.2) is 0 Å². The summed E-state index contributed by atoms with van der Waals surface area (Å²) in [5, 5.41) is 0. The third-order valence-corrected chi connectivity index (χ3v) is 2.62. The molecular weight excluding hydrogens is 132 g/mol. The minimum Gasteiger partial charge on any atom is -0.0988 e. The predicted octanol–water partition coefficient (Wildman–Crippen LogP) is 2.86. The minimum atomic E-state index is 0.644. The summed E-state index contributed by atoms with van der Waals surface area (Å²) in [4.78, 5) is 0. The fraction of sp³-hybridized carbons (Fsp3) is 0.273. The number of allylic oxidation sites excluding steroid dienone is 6. The maximum absolute atomic E-state index is 3.79. The van der Waals surface area contributed by atoms with Crippen LogP contribution in [0.5, 0.6) is 0 Å². The highest BCUT2D eigenvalue weighted by atomic mass is 14.3. The highest BCUT2D eigenvalue weighted by Crippen LogP contribution is 2.43. The summed E-state index contributed by atoms with van der Waals surface area (Å²) in [7, 11) is 0. The molecule has 0 nitrogen and oxygen atoms in total. The highest BCUT2D eigenvalue weighted by molar-refractivity contribution is 5.43. The van der Waals surface area contributed by atoms with Crippen LogP contribution < -0.4 is 0 Å². The molecule has 2 bridgehead atoms. The molecule has 2 aliphatic carbocycles. The zero-order valence-corrected chi connectivity index (χ0v) is 6.59. The van der Waals surface area contributed by atoms with Gasteiger partial charge in [-0.25, -0.2) is 0 Å². The van der Waals surface area contributed by atoms with Gasteiger partial charge >= 0.3 is 0 Å². The summed E-state index contributed by atoms with van der Waals surface area (Å²) in [6.07, 6.45) is 9.83. The van der Waals surface area contributed by atoms with E-state index in [1.807, 2.05) is 12.2 Å². The molecule has 0 heterocycles. The van der Waals surface area contributed by atoms with E-state index in [2.05, 4.69) is 25.3 Å². The third kappa shape index (κ3) is 0.823. The van der Waals surface area contributed by atoms with Crippen LogP contribution in [0.2, 0.25) is 0 Å². The second-order valence-corrected chi connectivity index (χ2v) is 3.19. The van der Waals surface area contributed by atoms with Gasteiger partial charge in [-0.1, -0.05) is 37.5 Å². The van der Waals surface area contributed by atoms with Crippen molar-refractivity contribution in [1.82, 2.24) is 0 Å². The Morgan fingerprint density at radius 1 is 1.09 bits per heavy atom. The topological polar surface area (TPSA) is 0 Å². The van der Waals surface area contributed by atoms with Crippen molar-refractivity contribution in [1.29, 1.82) is 0 Å². The molecule has 56 valence electrons. The van der Waals surface area contributed by atoms with E-state index in [-0.39, 0.29) is 0 Å². The Morgan fingerprint density at radius 2 is 1.55 bits per heavy atom. The Hall–Kier alpha value is -1.04. The van der Waals surface area contributed by atoms with Gasteiger partial charge in [-0.05, 0) is 17.6 Å². The maximum Gasteiger partial charge on any atom is 0.00296 e. The smallest absolute Gasteiger partial charge is 0.00296 e. The molecule has 0 aromatic heterocycles. The average Bonchev–Trinajstić information content (AvgIpc) is 2.60. The normalized spacial score (nSPS) is 33.1. The van der Waals surface area contributed by atoms with Crippen LogP contribution in [0, 0.1) is 11.8 Å². The number of hydrogen-bond acceptors (Lipinski definition) is 0. The first-order chi connectivity index (χ1) is 5.35. The molecular formula is C11H12. The van der Waals surface area contributed by atoms with Gasteiger partial charge in [0, 0.05) is 11.8 Å². The summed E-state index contributed by atoms with van der Waals surface area (Å²) >= 11 is 0. The molecule has 11 heavy (non-hydrogen) atoms. The highest BCUT2D eigenvalue weighted by Gasteiger charge is 2.30. The van der Waals surface area contributed by atoms with E-state index in [9.17, 15) is 0 Å². The molecule has 2 aliphatic rings. The van der Waals surface area contributed by atoms with Crippen molar-refractivity contribution in [2.75, 3.05) is 0 Å². The first-order valence-electron chi connectivity index (χ1n) is 4.03. The van der Waals surface area contributed by atoms with E-state index in [1.165, 1.54) is 17.6 Å². The molecule has 0 aromatic carbocycles. The molecule has 0 heteroatoms. The minimum absolute atomic E-state index is 0.644. The van der Waals surface area contributed by atoms with E-state index < -0.39 is 0 Å². The van der Waals surface area contributed by atoms with Gasteiger partial charge < -0.3 is 0 Å². The van der Waals surface area contributed by atoms with Crippen LogP contribution in [0.25, 0.3) is 0 Å². The molecule has 0 spiro atoms. The van der Waals surface area contributed by atoms with Crippen LogP contribution in [0.3, 0.4) is 0 Å². The quantitative estimate of drug-likeness (QED) is 0.559. The van der Waals surface area contributed by atoms with Gasteiger partial charge in [0.05, 0.1) is 0 Å². The first-order valence-corrected chi connectivity index (χ1v) is 4.03. The molecule has 0 aromatic rings. The Balaban J connectivity index is 2.29. The fourth-order valence-corrected chi connectivity index (χ4v) is 2.02. The van der Waals surface area contributed by atoms with Crippen molar-refractivity contribution in [2.45, 2.75) is 6.42 Å². The Labute approximate surface area is 67.6 Å². The number of rotatable bonds is 2. The summed E-state index contributed by atoms with van der Waals surface area (Å²) in [6, 6.07) is 0. The third-order valence-electron chi connectivity index (χ3n) is 2.62. The van der Waals surface area contributed by atoms with Crippen LogP contribution in [-0.2, 0) is 0 Å². The van der Waals surface area contributed by atoms with Crippen LogP contribution in [0.15, 0.2) is 48.6 Å². The van der Waals surface area contributed by atoms with E-state index >= 15 is 0 Å². The van der Waals surface area contributed by atoms with Crippen molar-refractivity contribution < 1.29 is 0 Å². The van der Waals surface area contributed by atoms with E-state index in [0.717, 1.165) is 0 Å². The van der Waals surface area contributed by atoms with E-state index in [1.54, 1.807) is 0 Å². The van der Waals surface area contributed by atoms with Crippen LogP contribution >= 0.6 is 0 Å². The Morgan fingerprint density at radius 3 is 1.82 bits per heavy atom. The lowest BCUT2D eigenvalue weighted by molar-refractivity contribution is 0.712. The first kappa shape index (κ1) is 6.66. The summed E-state index contributed by atoms with van der Waals surface area (Å²) in [5.41, 5.74) is 2.81. The Bertz CT molecular complexity index is 238. The molecule has 0 saturated carbocycles. The van der Waals surface area contributed by atoms with Gasteiger partial charge in [-0.15, -0.1) is 0 Å². The van der Waals surface area contributed by atoms with Gasteiger partial charge in [0.1, 0.15) is 0 Å². The summed E-state index contributed by atoms with van der Waals surface area (Å²) < 4.78 is 0. The molecule has 2 rings (SSSR count). The molecule has 2 atom stereocenters. The van der Waals surface area contributed by atoms with Crippen molar-refractivity contribution in [3.63, 3.8) is 0 Å². The van der Waals surface area contributed by atoms with Gasteiger partial charge in [-0.2, -0.15) is 0 Å². The average molecular weight is 144 g/mol. The SMILES string of the molecule is C=CC1=C[C@@H]2C[C@H]1C=C2C=C. The number of fused-ring (bicyclic) bond motifs is 2.